The molecule has 1 aliphatic rings. The zero-order valence-corrected chi connectivity index (χ0v) is 20.7. The number of nitrogens with zero attached hydrogens (tertiary/aromatic N) is 3. The Balaban J connectivity index is 1.30. The van der Waals surface area contributed by atoms with Gasteiger partial charge in [-0.25, -0.2) is 17.8 Å². The van der Waals surface area contributed by atoms with E-state index in [9.17, 15) is 27.5 Å². The molecule has 3 aromatic rings. The highest BCUT2D eigenvalue weighted by atomic mass is 32.2. The van der Waals surface area contributed by atoms with Crippen molar-refractivity contribution < 1.29 is 27.5 Å². The summed E-state index contributed by atoms with van der Waals surface area (Å²) in [4.78, 5) is 28.7. The van der Waals surface area contributed by atoms with Crippen molar-refractivity contribution in [3.05, 3.63) is 77.0 Å². The maximum Gasteiger partial charge on any atom is 0.323 e. The number of carboxylic acids is 1. The van der Waals surface area contributed by atoms with Gasteiger partial charge in [-0.3, -0.25) is 14.3 Å². The van der Waals surface area contributed by atoms with Crippen LogP contribution in [0.15, 0.2) is 48.8 Å². The van der Waals surface area contributed by atoms with Crippen LogP contribution in [0.4, 0.5) is 10.2 Å². The summed E-state index contributed by atoms with van der Waals surface area (Å²) in [5, 5.41) is 19.3. The molecule has 0 fully saturated rings. The van der Waals surface area contributed by atoms with E-state index in [1.165, 1.54) is 36.2 Å². The van der Waals surface area contributed by atoms with Crippen LogP contribution in [0.1, 0.15) is 33.6 Å². The molecule has 13 heteroatoms. The molecule has 0 saturated carbocycles. The highest BCUT2D eigenvalue weighted by molar-refractivity contribution is 7.88. The summed E-state index contributed by atoms with van der Waals surface area (Å²) in [7, 11) is -4.20. The molecule has 1 amide bonds. The van der Waals surface area contributed by atoms with Crippen LogP contribution in [-0.2, 0) is 40.0 Å². The Bertz CT molecular complexity index is 1390. The number of amides is 1. The lowest BCUT2D eigenvalue weighted by Crippen LogP contribution is -2.48. The number of aromatic nitrogens is 3. The number of carboxylic acid groups (broad SMARTS) is 1. The third-order valence-electron chi connectivity index (χ3n) is 5.83. The number of hydrogen-bond donors (Lipinski definition) is 4. The molecule has 0 bridgehead atoms. The van der Waals surface area contributed by atoms with Crippen molar-refractivity contribution in [3.63, 3.8) is 0 Å². The summed E-state index contributed by atoms with van der Waals surface area (Å²) in [5.41, 5.74) is 2.18. The average Bonchev–Trinajstić information content (AvgIpc) is 3.35. The zero-order chi connectivity index (χ0) is 26.4. The largest absolute Gasteiger partial charge is 0.480 e. The molecule has 196 valence electrons. The fourth-order valence-electron chi connectivity index (χ4n) is 3.90. The van der Waals surface area contributed by atoms with Gasteiger partial charge in [-0.2, -0.15) is 9.82 Å². The van der Waals surface area contributed by atoms with E-state index in [-0.39, 0.29) is 11.1 Å². The quantitative estimate of drug-likeness (QED) is 0.289. The fraction of sp³-hybridized carbons (Fsp3) is 0.333. The van der Waals surface area contributed by atoms with Gasteiger partial charge < -0.3 is 15.7 Å². The van der Waals surface area contributed by atoms with Crippen LogP contribution in [0.5, 0.6) is 0 Å². The first-order valence-electron chi connectivity index (χ1n) is 11.7. The van der Waals surface area contributed by atoms with Crippen molar-refractivity contribution in [2.24, 2.45) is 0 Å². The summed E-state index contributed by atoms with van der Waals surface area (Å²) in [6.45, 7) is 0.866. The van der Waals surface area contributed by atoms with Crippen LogP contribution < -0.4 is 15.4 Å². The number of sulfonamides is 1. The van der Waals surface area contributed by atoms with E-state index in [2.05, 4.69) is 26.8 Å². The maximum absolute atomic E-state index is 13.8. The number of rotatable bonds is 11. The molecule has 11 nitrogen and oxygen atoms in total. The van der Waals surface area contributed by atoms with Gasteiger partial charge in [-0.1, -0.05) is 24.3 Å². The Hall–Kier alpha value is -3.84. The van der Waals surface area contributed by atoms with Crippen molar-refractivity contribution in [1.82, 2.24) is 24.8 Å². The van der Waals surface area contributed by atoms with Gasteiger partial charge in [0, 0.05) is 43.5 Å². The number of halogens is 1. The van der Waals surface area contributed by atoms with Gasteiger partial charge in [0.25, 0.3) is 5.91 Å². The molecule has 0 aliphatic carbocycles. The molecule has 1 unspecified atom stereocenters. The second kappa shape index (κ2) is 11.5. The Morgan fingerprint density at radius 3 is 2.81 bits per heavy atom. The van der Waals surface area contributed by atoms with Crippen LogP contribution >= 0.6 is 0 Å². The Morgan fingerprint density at radius 1 is 1.22 bits per heavy atom. The van der Waals surface area contributed by atoms with E-state index in [1.807, 2.05) is 10.8 Å². The maximum atomic E-state index is 13.8. The Kier molecular flexibility index (Phi) is 8.14. The third kappa shape index (κ3) is 7.11. The zero-order valence-electron chi connectivity index (χ0n) is 19.9. The average molecular weight is 531 g/mol. The van der Waals surface area contributed by atoms with Crippen molar-refractivity contribution in [2.75, 3.05) is 18.4 Å². The van der Waals surface area contributed by atoms with Crippen LogP contribution in [0.2, 0.25) is 0 Å². The number of carbonyl (C=O) groups excluding carboxylic acids is 1. The molecule has 1 aromatic carbocycles. The summed E-state index contributed by atoms with van der Waals surface area (Å²) >= 11 is 0. The van der Waals surface area contributed by atoms with Crippen LogP contribution in [0.25, 0.3) is 0 Å². The summed E-state index contributed by atoms with van der Waals surface area (Å²) in [6, 6.07) is 7.70. The number of pyridine rings is 1. The second-order valence-corrected chi connectivity index (χ2v) is 10.4. The fourth-order valence-corrected chi connectivity index (χ4v) is 5.24. The van der Waals surface area contributed by atoms with E-state index in [1.54, 1.807) is 4.68 Å². The summed E-state index contributed by atoms with van der Waals surface area (Å²) in [6.07, 6.45) is 5.55. The van der Waals surface area contributed by atoms with Crippen LogP contribution in [0.3, 0.4) is 0 Å². The highest BCUT2D eigenvalue weighted by Gasteiger charge is 2.26. The summed E-state index contributed by atoms with van der Waals surface area (Å²) < 4.78 is 42.1. The minimum absolute atomic E-state index is 0.0996. The molecule has 2 aromatic heterocycles. The van der Waals surface area contributed by atoms with Crippen LogP contribution in [-0.4, -0.2) is 59.3 Å². The molecule has 1 aliphatic heterocycles. The van der Waals surface area contributed by atoms with E-state index in [0.717, 1.165) is 37.0 Å². The number of benzene rings is 1. The standard InChI is InChI=1S/C24H27FN6O5S/c25-20-6-2-1-4-17(20)15-37(35,36)30-21(24(33)34)13-27-23(32)18-12-28-31(14-18)11-9-19-8-7-16-5-3-10-26-22(16)29-19/h1-2,4,6-8,12,14,21,30H,3,5,9-11,13,15H2,(H,26,29)(H,27,32)(H,33,34). The van der Waals surface area contributed by atoms with E-state index >= 15 is 0 Å². The number of hydrogen-bond acceptors (Lipinski definition) is 7. The SMILES string of the molecule is O=C(NCC(NS(=O)(=O)Cc1ccccc1F)C(=O)O)c1cnn(CCc2ccc3c(n2)NCCC3)c1. The molecular weight excluding hydrogens is 503 g/mol. The van der Waals surface area contributed by atoms with Crippen molar-refractivity contribution in [2.45, 2.75) is 37.6 Å². The molecule has 3 heterocycles. The lowest BCUT2D eigenvalue weighted by atomic mass is 10.1. The molecule has 0 radical (unpaired) electrons. The van der Waals surface area contributed by atoms with Gasteiger partial charge in [0.05, 0.1) is 17.5 Å². The summed E-state index contributed by atoms with van der Waals surface area (Å²) in [5.74, 6) is -2.65. The monoisotopic (exact) mass is 530 g/mol. The molecule has 0 saturated heterocycles. The van der Waals surface area contributed by atoms with Gasteiger partial charge in [0.1, 0.15) is 17.7 Å². The van der Waals surface area contributed by atoms with E-state index in [4.69, 9.17) is 0 Å². The van der Waals surface area contributed by atoms with E-state index in [0.29, 0.717) is 13.0 Å². The number of aliphatic carboxylic acids is 1. The van der Waals surface area contributed by atoms with E-state index < -0.39 is 46.1 Å². The molecule has 1 atom stereocenters. The first-order valence-corrected chi connectivity index (χ1v) is 13.3. The van der Waals surface area contributed by atoms with Gasteiger partial charge in [0.2, 0.25) is 10.0 Å². The van der Waals surface area contributed by atoms with Crippen molar-refractivity contribution in [1.29, 1.82) is 0 Å². The molecular formula is C24H27FN6O5S. The smallest absolute Gasteiger partial charge is 0.323 e. The molecule has 0 spiro atoms. The topological polar surface area (TPSA) is 155 Å². The Labute approximate surface area is 213 Å². The van der Waals surface area contributed by atoms with Crippen molar-refractivity contribution >= 4 is 27.7 Å². The third-order valence-corrected chi connectivity index (χ3v) is 7.17. The number of aryl methyl sites for hydroxylation is 3. The lowest BCUT2D eigenvalue weighted by molar-refractivity contribution is -0.138. The Morgan fingerprint density at radius 2 is 2.03 bits per heavy atom. The second-order valence-electron chi connectivity index (χ2n) is 8.65. The number of carbonyl (C=O) groups is 2. The van der Waals surface area contributed by atoms with Gasteiger partial charge in [-0.05, 0) is 30.5 Å². The molecule has 4 N–H and O–H groups in total. The molecule has 4 rings (SSSR count). The van der Waals surface area contributed by atoms with Crippen molar-refractivity contribution in [3.8, 4) is 0 Å². The van der Waals surface area contributed by atoms with Gasteiger partial charge in [-0.15, -0.1) is 0 Å². The minimum Gasteiger partial charge on any atom is -0.480 e. The first kappa shape index (κ1) is 26.2. The predicted molar refractivity (Wildman–Crippen MR) is 133 cm³/mol. The van der Waals surface area contributed by atoms with Gasteiger partial charge in [0.15, 0.2) is 0 Å². The van der Waals surface area contributed by atoms with Crippen LogP contribution in [0, 0.1) is 5.82 Å². The normalized spacial score (nSPS) is 13.9. The number of fused-ring (bicyclic) bond motifs is 1. The highest BCUT2D eigenvalue weighted by Crippen LogP contribution is 2.20. The number of nitrogens with one attached hydrogen (secondary N) is 3. The predicted octanol–water partition coefficient (Wildman–Crippen LogP) is 1.32. The molecule has 37 heavy (non-hydrogen) atoms. The first-order chi connectivity index (χ1) is 17.7. The minimum atomic E-state index is -4.20. The lowest BCUT2D eigenvalue weighted by Gasteiger charge is -2.17. The number of anilines is 1. The van der Waals surface area contributed by atoms with Gasteiger partial charge >= 0.3 is 5.97 Å².